The monoisotopic (exact) mass is 743 g/mol. The molecule has 4 nitrogen and oxygen atoms in total. The Bertz CT molecular complexity index is 3830. The number of nitrogens with zero attached hydrogens (tertiary/aromatic N) is 3. The van der Waals surface area contributed by atoms with E-state index in [0.717, 1.165) is 55.3 Å². The van der Waals surface area contributed by atoms with E-state index in [0.29, 0.717) is 5.82 Å². The minimum atomic E-state index is 0.704. The van der Waals surface area contributed by atoms with Crippen LogP contribution in [0.1, 0.15) is 0 Å². The maximum absolute atomic E-state index is 6.23. The third-order valence-electron chi connectivity index (χ3n) is 11.8. The molecule has 0 N–H and O–H groups in total. The van der Waals surface area contributed by atoms with Gasteiger partial charge in [-0.1, -0.05) is 121 Å². The molecule has 0 saturated heterocycles. The summed E-state index contributed by atoms with van der Waals surface area (Å²) < 4.78 is 11.1. The zero-order valence-corrected chi connectivity index (χ0v) is 31.2. The lowest BCUT2D eigenvalue weighted by Gasteiger charge is -2.14. The maximum atomic E-state index is 6.23. The van der Waals surface area contributed by atoms with Crippen LogP contribution >= 0.6 is 11.3 Å². The van der Waals surface area contributed by atoms with E-state index in [-0.39, 0.29) is 0 Å². The van der Waals surface area contributed by atoms with E-state index >= 15 is 0 Å². The summed E-state index contributed by atoms with van der Waals surface area (Å²) >= 11 is 1.81. The fourth-order valence-corrected chi connectivity index (χ4v) is 10.4. The van der Waals surface area contributed by atoms with Gasteiger partial charge in [-0.3, -0.25) is 0 Å². The number of thiophene rings is 1. The molecule has 9 aromatic carbocycles. The van der Waals surface area contributed by atoms with Gasteiger partial charge >= 0.3 is 0 Å². The Labute approximate surface area is 329 Å². The molecule has 0 aliphatic heterocycles. The lowest BCUT2D eigenvalue weighted by atomic mass is 10.0. The largest absolute Gasteiger partial charge is 0.456 e. The van der Waals surface area contributed by atoms with E-state index in [4.69, 9.17) is 14.4 Å². The highest BCUT2D eigenvalue weighted by Gasteiger charge is 2.22. The van der Waals surface area contributed by atoms with Gasteiger partial charge < -0.3 is 8.98 Å². The van der Waals surface area contributed by atoms with E-state index in [1.54, 1.807) is 0 Å². The Morgan fingerprint density at radius 2 is 1.18 bits per heavy atom. The normalized spacial score (nSPS) is 12.2. The molecule has 5 heteroatoms. The molecule has 0 fully saturated rings. The number of para-hydroxylation sites is 2. The predicted molar refractivity (Wildman–Crippen MR) is 240 cm³/mol. The van der Waals surface area contributed by atoms with Gasteiger partial charge in [0.1, 0.15) is 11.2 Å². The number of hydrogen-bond acceptors (Lipinski definition) is 4. The average molecular weight is 744 g/mol. The van der Waals surface area contributed by atoms with Crippen LogP contribution in [0.3, 0.4) is 0 Å². The van der Waals surface area contributed by atoms with Crippen LogP contribution in [0.2, 0.25) is 0 Å². The molecule has 0 bridgehead atoms. The summed E-state index contributed by atoms with van der Waals surface area (Å²) in [6.45, 7) is 0. The second kappa shape index (κ2) is 11.6. The van der Waals surface area contributed by atoms with E-state index in [1.807, 2.05) is 23.5 Å². The number of rotatable bonds is 3. The van der Waals surface area contributed by atoms with Crippen molar-refractivity contribution in [1.29, 1.82) is 0 Å². The smallest absolute Gasteiger partial charge is 0.161 e. The highest BCUT2D eigenvalue weighted by atomic mass is 32.1. The first-order valence-electron chi connectivity index (χ1n) is 19.2. The fourth-order valence-electron chi connectivity index (χ4n) is 9.21. The molecular formula is C52H29N3OS. The van der Waals surface area contributed by atoms with Crippen molar-refractivity contribution in [2.45, 2.75) is 0 Å². The third kappa shape index (κ3) is 4.43. The van der Waals surface area contributed by atoms with Crippen LogP contribution in [0.25, 0.3) is 125 Å². The lowest BCUT2D eigenvalue weighted by Crippen LogP contribution is -1.99. The molecule has 0 saturated carbocycles. The maximum Gasteiger partial charge on any atom is 0.161 e. The quantitative estimate of drug-likeness (QED) is 0.181. The molecule has 0 unspecified atom stereocenters. The summed E-state index contributed by atoms with van der Waals surface area (Å²) in [5.41, 5.74) is 9.05. The summed E-state index contributed by atoms with van der Waals surface area (Å²) in [6, 6.07) is 63.1. The lowest BCUT2D eigenvalue weighted by molar-refractivity contribution is 0.669. The van der Waals surface area contributed by atoms with Gasteiger partial charge in [0, 0.05) is 69.3 Å². The Hall–Kier alpha value is -7.34. The van der Waals surface area contributed by atoms with Gasteiger partial charge in [-0.15, -0.1) is 11.3 Å². The highest BCUT2D eigenvalue weighted by Crippen LogP contribution is 2.45. The molecule has 13 aromatic rings. The predicted octanol–water partition coefficient (Wildman–Crippen LogP) is 14.6. The zero-order chi connectivity index (χ0) is 37.2. The summed E-state index contributed by atoms with van der Waals surface area (Å²) in [4.78, 5) is 10.9. The summed E-state index contributed by atoms with van der Waals surface area (Å²) in [5, 5.41) is 13.0. The third-order valence-corrected chi connectivity index (χ3v) is 13.0. The van der Waals surface area contributed by atoms with Gasteiger partial charge in [0.15, 0.2) is 5.82 Å². The average Bonchev–Trinajstić information content (AvgIpc) is 3.95. The Morgan fingerprint density at radius 1 is 0.474 bits per heavy atom. The standard InChI is InChI=1S/C52H29N3OS/c1-3-13-34-30(11-1)22-25-44-48(34)39-24-21-31-12-2-4-14-35(31)50(39)55(44)33-28-41-37-16-7-10-20-47(37)57-51(41)42(29-33)52-53-43-18-8-5-17-38(43)49(54-52)32-23-26-46-40(27-32)36-15-6-9-19-45(36)56-46/h1-29H. The van der Waals surface area contributed by atoms with Gasteiger partial charge in [-0.2, -0.15) is 0 Å². The molecule has 264 valence electrons. The first-order valence-corrected chi connectivity index (χ1v) is 20.0. The van der Waals surface area contributed by atoms with Crippen molar-refractivity contribution in [3.05, 3.63) is 176 Å². The van der Waals surface area contributed by atoms with Gasteiger partial charge in [0.05, 0.1) is 22.2 Å². The van der Waals surface area contributed by atoms with Crippen molar-refractivity contribution in [2.24, 2.45) is 0 Å². The van der Waals surface area contributed by atoms with Crippen LogP contribution in [0.5, 0.6) is 0 Å². The van der Waals surface area contributed by atoms with Gasteiger partial charge in [-0.05, 0) is 70.8 Å². The van der Waals surface area contributed by atoms with Crippen LogP contribution in [0.15, 0.2) is 180 Å². The van der Waals surface area contributed by atoms with Crippen molar-refractivity contribution in [1.82, 2.24) is 14.5 Å². The van der Waals surface area contributed by atoms with Crippen molar-refractivity contribution >= 4 is 108 Å². The van der Waals surface area contributed by atoms with E-state index < -0.39 is 0 Å². The Kier molecular flexibility index (Phi) is 6.29. The van der Waals surface area contributed by atoms with E-state index in [2.05, 4.69) is 168 Å². The number of fused-ring (bicyclic) bond motifs is 14. The van der Waals surface area contributed by atoms with E-state index in [1.165, 1.54) is 63.5 Å². The zero-order valence-electron chi connectivity index (χ0n) is 30.4. The molecule has 0 spiro atoms. The first kappa shape index (κ1) is 30.9. The van der Waals surface area contributed by atoms with Crippen molar-refractivity contribution in [2.75, 3.05) is 0 Å². The minimum absolute atomic E-state index is 0.704. The van der Waals surface area contributed by atoms with Crippen LogP contribution < -0.4 is 0 Å². The van der Waals surface area contributed by atoms with Crippen molar-refractivity contribution < 1.29 is 4.42 Å². The summed E-state index contributed by atoms with van der Waals surface area (Å²) in [7, 11) is 0. The van der Waals surface area contributed by atoms with Gasteiger partial charge in [-0.25, -0.2) is 9.97 Å². The molecule has 0 atom stereocenters. The van der Waals surface area contributed by atoms with Crippen LogP contribution in [0, 0.1) is 0 Å². The fraction of sp³-hybridized carbons (Fsp3) is 0. The molecule has 4 heterocycles. The number of furan rings is 1. The highest BCUT2D eigenvalue weighted by molar-refractivity contribution is 7.26. The van der Waals surface area contributed by atoms with Crippen LogP contribution in [-0.2, 0) is 0 Å². The molecule has 0 radical (unpaired) electrons. The molecule has 57 heavy (non-hydrogen) atoms. The Balaban J connectivity index is 1.15. The second-order valence-electron chi connectivity index (χ2n) is 14.9. The molecule has 0 aliphatic carbocycles. The van der Waals surface area contributed by atoms with Crippen molar-refractivity contribution in [3.63, 3.8) is 0 Å². The molecule has 0 amide bonds. The van der Waals surface area contributed by atoms with Crippen molar-refractivity contribution in [3.8, 4) is 28.3 Å². The SMILES string of the molecule is c1ccc2c(c1)ccc1c2c2ccc3ccccc3c2n1-c1cc(-c2nc(-c3ccc4oc5ccccc5c4c3)c3ccccc3n2)c2sc3ccccc3c2c1. The molecule has 4 aromatic heterocycles. The second-order valence-corrected chi connectivity index (χ2v) is 15.9. The Morgan fingerprint density at radius 3 is 2.07 bits per heavy atom. The minimum Gasteiger partial charge on any atom is -0.456 e. The molecular weight excluding hydrogens is 715 g/mol. The van der Waals surface area contributed by atoms with E-state index in [9.17, 15) is 0 Å². The van der Waals surface area contributed by atoms with Gasteiger partial charge in [0.2, 0.25) is 0 Å². The summed E-state index contributed by atoms with van der Waals surface area (Å²) in [5.74, 6) is 0.704. The topological polar surface area (TPSA) is 43.9 Å². The molecule has 0 aliphatic rings. The first-order chi connectivity index (χ1) is 28.2. The number of benzene rings is 9. The number of aromatic nitrogens is 3. The number of hydrogen-bond donors (Lipinski definition) is 0. The molecule has 13 rings (SSSR count). The van der Waals surface area contributed by atoms with Crippen LogP contribution in [0.4, 0.5) is 0 Å². The van der Waals surface area contributed by atoms with Crippen LogP contribution in [-0.4, -0.2) is 14.5 Å². The van der Waals surface area contributed by atoms with Gasteiger partial charge in [0.25, 0.3) is 0 Å². The summed E-state index contributed by atoms with van der Waals surface area (Å²) in [6.07, 6.45) is 0.